The first-order valence-electron chi connectivity index (χ1n) is 11.9. The minimum absolute atomic E-state index is 0.0825. The van der Waals surface area contributed by atoms with E-state index in [1.807, 2.05) is 11.8 Å². The molecule has 0 radical (unpaired) electrons. The second-order valence-corrected chi connectivity index (χ2v) is 12.1. The molecule has 168 valence electrons. The van der Waals surface area contributed by atoms with Crippen molar-refractivity contribution < 1.29 is 0 Å². The summed E-state index contributed by atoms with van der Waals surface area (Å²) in [5, 5.41) is 3.83. The fourth-order valence-corrected chi connectivity index (χ4v) is 5.36. The largest absolute Gasteiger partial charge is 0.358 e. The lowest BCUT2D eigenvalue weighted by Gasteiger charge is -2.40. The molecule has 30 heavy (non-hydrogen) atoms. The Morgan fingerprint density at radius 3 is 2.23 bits per heavy atom. The number of rotatable bonds is 9. The Bertz CT molecular complexity index is 745. The smallest absolute Gasteiger partial charge is 0.0526 e. The Morgan fingerprint density at radius 2 is 1.67 bits per heavy atom. The molecule has 1 fully saturated rings. The van der Waals surface area contributed by atoms with Crippen LogP contribution in [-0.4, -0.2) is 0 Å². The van der Waals surface area contributed by atoms with Crippen molar-refractivity contribution in [2.45, 2.75) is 105 Å². The van der Waals surface area contributed by atoms with E-state index in [1.165, 1.54) is 83.7 Å². The second kappa shape index (κ2) is 10.4. The standard InChI is InChI=1S/C28H45NS/c1-20(2)14-13-17-28(15-11-10-12-16-28)23(5)29-25-18-21(3)22(4)19-26(25)30-24(6)27(7,8)9/h18-20,29H,5-6,10-17H2,1-4,7-9H3. The fourth-order valence-electron chi connectivity index (χ4n) is 4.33. The maximum absolute atomic E-state index is 4.62. The van der Waals surface area contributed by atoms with Gasteiger partial charge in [0.2, 0.25) is 0 Å². The minimum atomic E-state index is 0.0825. The van der Waals surface area contributed by atoms with Crippen LogP contribution in [0, 0.1) is 30.6 Å². The van der Waals surface area contributed by atoms with Gasteiger partial charge >= 0.3 is 0 Å². The predicted octanol–water partition coefficient (Wildman–Crippen LogP) is 9.66. The first-order chi connectivity index (χ1) is 13.9. The summed E-state index contributed by atoms with van der Waals surface area (Å²) in [5.74, 6) is 0.776. The van der Waals surface area contributed by atoms with E-state index in [1.54, 1.807) is 0 Å². The van der Waals surface area contributed by atoms with E-state index >= 15 is 0 Å². The van der Waals surface area contributed by atoms with Gasteiger partial charge in [-0.3, -0.25) is 0 Å². The van der Waals surface area contributed by atoms with Crippen molar-refractivity contribution in [3.8, 4) is 0 Å². The summed E-state index contributed by atoms with van der Waals surface area (Å²) in [6.07, 6.45) is 10.5. The van der Waals surface area contributed by atoms with Crippen LogP contribution in [0.1, 0.15) is 97.1 Å². The van der Waals surface area contributed by atoms with Gasteiger partial charge in [0.1, 0.15) is 0 Å². The van der Waals surface area contributed by atoms with E-state index in [2.05, 4.69) is 79.1 Å². The quantitative estimate of drug-likeness (QED) is 0.394. The number of nitrogens with one attached hydrogen (secondary N) is 1. The lowest BCUT2D eigenvalue weighted by molar-refractivity contribution is 0.214. The van der Waals surface area contributed by atoms with Crippen molar-refractivity contribution in [3.05, 3.63) is 47.0 Å². The molecule has 1 aliphatic carbocycles. The highest BCUT2D eigenvalue weighted by Gasteiger charge is 2.35. The van der Waals surface area contributed by atoms with Crippen molar-refractivity contribution in [2.24, 2.45) is 16.7 Å². The highest BCUT2D eigenvalue weighted by Crippen LogP contribution is 2.48. The molecule has 0 bridgehead atoms. The third-order valence-electron chi connectivity index (χ3n) is 6.84. The van der Waals surface area contributed by atoms with Crippen molar-refractivity contribution in [1.82, 2.24) is 0 Å². The third-order valence-corrected chi connectivity index (χ3v) is 8.26. The molecule has 1 aromatic rings. The molecular formula is C28H45NS. The topological polar surface area (TPSA) is 12.0 Å². The van der Waals surface area contributed by atoms with E-state index in [4.69, 9.17) is 0 Å². The first-order valence-corrected chi connectivity index (χ1v) is 12.7. The maximum Gasteiger partial charge on any atom is 0.0526 e. The molecule has 0 aromatic heterocycles. The number of hydrogen-bond acceptors (Lipinski definition) is 2. The summed E-state index contributed by atoms with van der Waals surface area (Å²) in [4.78, 5) is 2.47. The van der Waals surface area contributed by atoms with Crippen molar-refractivity contribution in [3.63, 3.8) is 0 Å². The molecule has 2 heteroatoms. The summed E-state index contributed by atoms with van der Waals surface area (Å²) < 4.78 is 0. The zero-order valence-corrected chi connectivity index (χ0v) is 21.5. The number of anilines is 1. The van der Waals surface area contributed by atoms with Gasteiger partial charge in [0.25, 0.3) is 0 Å². The molecule has 1 saturated carbocycles. The molecule has 1 N–H and O–H groups in total. The van der Waals surface area contributed by atoms with Crippen LogP contribution >= 0.6 is 11.8 Å². The first kappa shape index (κ1) is 25.1. The zero-order chi connectivity index (χ0) is 22.5. The molecular weight excluding hydrogens is 382 g/mol. The van der Waals surface area contributed by atoms with Crippen LogP contribution in [-0.2, 0) is 0 Å². The fraction of sp³-hybridized carbons (Fsp3) is 0.643. The van der Waals surface area contributed by atoms with Crippen LogP contribution in [0.25, 0.3) is 0 Å². The highest BCUT2D eigenvalue weighted by atomic mass is 32.2. The lowest BCUT2D eigenvalue weighted by atomic mass is 9.68. The van der Waals surface area contributed by atoms with Gasteiger partial charge in [0.05, 0.1) is 5.69 Å². The molecule has 1 aliphatic rings. The normalized spacial score (nSPS) is 16.5. The van der Waals surface area contributed by atoms with Crippen LogP contribution in [0.4, 0.5) is 5.69 Å². The maximum atomic E-state index is 4.62. The number of thioether (sulfide) groups is 1. The average molecular weight is 428 g/mol. The van der Waals surface area contributed by atoms with Crippen molar-refractivity contribution >= 4 is 17.4 Å². The summed E-state index contributed by atoms with van der Waals surface area (Å²) in [6.45, 7) is 24.8. The van der Waals surface area contributed by atoms with Crippen LogP contribution in [0.15, 0.2) is 40.8 Å². The van der Waals surface area contributed by atoms with Gasteiger partial charge < -0.3 is 5.32 Å². The van der Waals surface area contributed by atoms with Gasteiger partial charge in [0, 0.05) is 16.0 Å². The number of benzene rings is 1. The Kier molecular flexibility index (Phi) is 8.74. The summed E-state index contributed by atoms with van der Waals surface area (Å²) in [7, 11) is 0. The van der Waals surface area contributed by atoms with Crippen LogP contribution in [0.5, 0.6) is 0 Å². The van der Waals surface area contributed by atoms with Gasteiger partial charge in [0.15, 0.2) is 0 Å². The van der Waals surface area contributed by atoms with Gasteiger partial charge in [-0.05, 0) is 72.6 Å². The van der Waals surface area contributed by atoms with Crippen LogP contribution in [0.2, 0.25) is 0 Å². The molecule has 1 nitrogen and oxygen atoms in total. The molecule has 0 unspecified atom stereocenters. The van der Waals surface area contributed by atoms with E-state index in [9.17, 15) is 0 Å². The Balaban J connectivity index is 2.28. The third kappa shape index (κ3) is 6.67. The molecule has 2 rings (SSSR count). The van der Waals surface area contributed by atoms with Crippen LogP contribution < -0.4 is 5.32 Å². The van der Waals surface area contributed by atoms with Crippen LogP contribution in [0.3, 0.4) is 0 Å². The number of hydrogen-bond donors (Lipinski definition) is 1. The summed E-state index contributed by atoms with van der Waals surface area (Å²) >= 11 is 1.81. The number of allylic oxidation sites excluding steroid dienone is 2. The van der Waals surface area contributed by atoms with Crippen molar-refractivity contribution in [2.75, 3.05) is 5.32 Å². The van der Waals surface area contributed by atoms with E-state index < -0.39 is 0 Å². The highest BCUT2D eigenvalue weighted by molar-refractivity contribution is 8.03. The van der Waals surface area contributed by atoms with Gasteiger partial charge in [-0.1, -0.05) is 91.6 Å². The molecule has 0 saturated heterocycles. The molecule has 0 atom stereocenters. The molecule has 1 aromatic carbocycles. The molecule has 0 aliphatic heterocycles. The van der Waals surface area contributed by atoms with Gasteiger partial charge in [-0.25, -0.2) is 0 Å². The van der Waals surface area contributed by atoms with E-state index in [-0.39, 0.29) is 10.8 Å². The Morgan fingerprint density at radius 1 is 1.07 bits per heavy atom. The Hall–Kier alpha value is -1.15. The zero-order valence-electron chi connectivity index (χ0n) is 20.7. The van der Waals surface area contributed by atoms with E-state index in [0.717, 1.165) is 5.92 Å². The predicted molar refractivity (Wildman–Crippen MR) is 137 cm³/mol. The van der Waals surface area contributed by atoms with Gasteiger partial charge in [-0.2, -0.15) is 0 Å². The molecule has 0 spiro atoms. The monoisotopic (exact) mass is 427 g/mol. The SMILES string of the molecule is C=C(Sc1cc(C)c(C)cc1NC(=C)C1(CCCC(C)C)CCCCC1)C(C)(C)C. The minimum Gasteiger partial charge on any atom is -0.358 e. The lowest BCUT2D eigenvalue weighted by Crippen LogP contribution is -2.30. The molecule has 0 amide bonds. The number of aryl methyl sites for hydroxylation is 2. The second-order valence-electron chi connectivity index (χ2n) is 10.9. The van der Waals surface area contributed by atoms with Gasteiger partial charge in [-0.15, -0.1) is 0 Å². The Labute approximate surface area is 191 Å². The molecule has 0 heterocycles. The van der Waals surface area contributed by atoms with Crippen molar-refractivity contribution in [1.29, 1.82) is 0 Å². The summed E-state index contributed by atoms with van der Waals surface area (Å²) in [5.41, 5.74) is 5.42. The summed E-state index contributed by atoms with van der Waals surface area (Å²) in [6, 6.07) is 4.63. The van der Waals surface area contributed by atoms with E-state index in [0.29, 0.717) is 0 Å². The average Bonchev–Trinajstić information content (AvgIpc) is 2.65.